The molecule has 82 valence electrons. The number of hydrogen-bond acceptors (Lipinski definition) is 3. The fraction of sp³-hybridized carbons (Fsp3) is 0.417. The summed E-state index contributed by atoms with van der Waals surface area (Å²) in [7, 11) is 1.47. The first-order valence-electron chi connectivity index (χ1n) is 4.78. The molecule has 1 rings (SSSR count). The number of Topliss-reactive ketones (excluding diaryl/α,β-unsaturated/α-hetero) is 1. The Morgan fingerprint density at radius 2 is 1.93 bits per heavy atom. The quantitative estimate of drug-likeness (QED) is 0.760. The monoisotopic (exact) mass is 208 g/mol. The van der Waals surface area contributed by atoms with Gasteiger partial charge in [-0.1, -0.05) is 20.8 Å². The van der Waals surface area contributed by atoms with Crippen molar-refractivity contribution in [1.29, 1.82) is 0 Å². The Kier molecular flexibility index (Phi) is 3.03. The van der Waals surface area contributed by atoms with Crippen molar-refractivity contribution in [2.45, 2.75) is 20.8 Å². The molecule has 0 atom stereocenters. The lowest BCUT2D eigenvalue weighted by Crippen LogP contribution is -2.19. The molecule has 0 amide bonds. The van der Waals surface area contributed by atoms with Gasteiger partial charge in [0.05, 0.1) is 7.11 Å². The van der Waals surface area contributed by atoms with Gasteiger partial charge in [0.15, 0.2) is 17.3 Å². The van der Waals surface area contributed by atoms with E-state index in [1.54, 1.807) is 12.1 Å². The Hall–Kier alpha value is -1.51. The number of benzene rings is 1. The van der Waals surface area contributed by atoms with Crippen molar-refractivity contribution >= 4 is 5.78 Å². The number of ketones is 1. The number of rotatable bonds is 2. The lowest BCUT2D eigenvalue weighted by Gasteiger charge is -2.16. The third kappa shape index (κ3) is 2.49. The molecule has 0 heterocycles. The predicted octanol–water partition coefficient (Wildman–Crippen LogP) is 2.63. The highest BCUT2D eigenvalue weighted by molar-refractivity contribution is 6.00. The van der Waals surface area contributed by atoms with Crippen molar-refractivity contribution in [3.63, 3.8) is 0 Å². The van der Waals surface area contributed by atoms with E-state index in [9.17, 15) is 9.90 Å². The van der Waals surface area contributed by atoms with Crippen molar-refractivity contribution < 1.29 is 14.6 Å². The van der Waals surface area contributed by atoms with Crippen LogP contribution in [0.1, 0.15) is 31.1 Å². The summed E-state index contributed by atoms with van der Waals surface area (Å²) in [6.45, 7) is 5.53. The number of phenolic OH excluding ortho intramolecular Hbond substituents is 1. The van der Waals surface area contributed by atoms with E-state index in [1.165, 1.54) is 13.2 Å². The average molecular weight is 208 g/mol. The molecule has 1 N–H and O–H groups in total. The van der Waals surface area contributed by atoms with Gasteiger partial charge in [-0.2, -0.15) is 0 Å². The molecular formula is C12H16O3. The molecule has 1 aromatic rings. The highest BCUT2D eigenvalue weighted by Crippen LogP contribution is 2.29. The van der Waals surface area contributed by atoms with Gasteiger partial charge in [-0.05, 0) is 18.2 Å². The van der Waals surface area contributed by atoms with Crippen LogP contribution in [-0.2, 0) is 0 Å². The van der Waals surface area contributed by atoms with Crippen molar-refractivity contribution in [3.05, 3.63) is 23.8 Å². The zero-order valence-electron chi connectivity index (χ0n) is 9.50. The van der Waals surface area contributed by atoms with Gasteiger partial charge >= 0.3 is 0 Å². The van der Waals surface area contributed by atoms with Crippen LogP contribution in [0.25, 0.3) is 0 Å². The molecule has 0 aliphatic rings. The van der Waals surface area contributed by atoms with Crippen LogP contribution in [0.4, 0.5) is 0 Å². The first kappa shape index (κ1) is 11.6. The molecule has 3 heteroatoms. The molecule has 0 spiro atoms. The molecule has 0 bridgehead atoms. The maximum atomic E-state index is 11.9. The summed E-state index contributed by atoms with van der Waals surface area (Å²) in [5.41, 5.74) is 0.0573. The molecule has 0 aliphatic heterocycles. The highest BCUT2D eigenvalue weighted by atomic mass is 16.5. The predicted molar refractivity (Wildman–Crippen MR) is 58.4 cm³/mol. The second-order valence-corrected chi connectivity index (χ2v) is 4.47. The van der Waals surface area contributed by atoms with Gasteiger partial charge in [0.25, 0.3) is 0 Å². The molecule has 0 saturated carbocycles. The smallest absolute Gasteiger partial charge is 0.168 e. The SMILES string of the molecule is COc1ccc(C(=O)C(C)(C)C)cc1O. The van der Waals surface area contributed by atoms with Gasteiger partial charge in [-0.25, -0.2) is 0 Å². The van der Waals surface area contributed by atoms with E-state index in [0.29, 0.717) is 11.3 Å². The molecule has 3 nitrogen and oxygen atoms in total. The van der Waals surface area contributed by atoms with Crippen LogP contribution < -0.4 is 4.74 Å². The summed E-state index contributed by atoms with van der Waals surface area (Å²) in [5, 5.41) is 9.53. The van der Waals surface area contributed by atoms with Crippen molar-refractivity contribution in [3.8, 4) is 11.5 Å². The van der Waals surface area contributed by atoms with Crippen LogP contribution >= 0.6 is 0 Å². The first-order valence-corrected chi connectivity index (χ1v) is 4.78. The second kappa shape index (κ2) is 3.93. The van der Waals surface area contributed by atoms with E-state index < -0.39 is 5.41 Å². The fourth-order valence-electron chi connectivity index (χ4n) is 1.26. The van der Waals surface area contributed by atoms with Gasteiger partial charge in [-0.3, -0.25) is 4.79 Å². The van der Waals surface area contributed by atoms with Gasteiger partial charge in [0.1, 0.15) is 0 Å². The summed E-state index contributed by atoms with van der Waals surface area (Å²) in [6.07, 6.45) is 0. The average Bonchev–Trinajstić information content (AvgIpc) is 2.15. The number of aromatic hydroxyl groups is 1. The summed E-state index contributed by atoms with van der Waals surface area (Å²) in [5.74, 6) is 0.369. The number of ether oxygens (including phenoxy) is 1. The van der Waals surface area contributed by atoms with Gasteiger partial charge in [-0.15, -0.1) is 0 Å². The number of methoxy groups -OCH3 is 1. The van der Waals surface area contributed by atoms with Crippen LogP contribution in [-0.4, -0.2) is 18.0 Å². The van der Waals surface area contributed by atoms with Crippen LogP contribution in [0.3, 0.4) is 0 Å². The van der Waals surface area contributed by atoms with Crippen LogP contribution in [0.2, 0.25) is 0 Å². The number of phenols is 1. The van der Waals surface area contributed by atoms with E-state index >= 15 is 0 Å². The zero-order valence-corrected chi connectivity index (χ0v) is 9.50. The van der Waals surface area contributed by atoms with Crippen molar-refractivity contribution in [2.75, 3.05) is 7.11 Å². The van der Waals surface area contributed by atoms with Gasteiger partial charge in [0, 0.05) is 11.0 Å². The molecule has 0 unspecified atom stereocenters. The third-order valence-electron chi connectivity index (χ3n) is 2.12. The lowest BCUT2D eigenvalue weighted by molar-refractivity contribution is 0.0858. The minimum absolute atomic E-state index is 0.000420. The molecule has 0 aromatic heterocycles. The van der Waals surface area contributed by atoms with Crippen molar-refractivity contribution in [2.24, 2.45) is 5.41 Å². The molecule has 0 aliphatic carbocycles. The molecule has 0 radical (unpaired) electrons. The van der Waals surface area contributed by atoms with E-state index in [4.69, 9.17) is 4.74 Å². The molecular weight excluding hydrogens is 192 g/mol. The van der Waals surface area contributed by atoms with E-state index in [0.717, 1.165) is 0 Å². The highest BCUT2D eigenvalue weighted by Gasteiger charge is 2.23. The van der Waals surface area contributed by atoms with E-state index in [-0.39, 0.29) is 11.5 Å². The first-order chi connectivity index (χ1) is 6.86. The summed E-state index contributed by atoms with van der Waals surface area (Å²) < 4.78 is 4.90. The zero-order chi connectivity index (χ0) is 11.6. The van der Waals surface area contributed by atoms with Crippen molar-refractivity contribution in [1.82, 2.24) is 0 Å². The molecule has 1 aromatic carbocycles. The topological polar surface area (TPSA) is 46.5 Å². The van der Waals surface area contributed by atoms with Gasteiger partial charge in [0.2, 0.25) is 0 Å². The standard InChI is InChI=1S/C12H16O3/c1-12(2,3)11(14)8-5-6-10(15-4)9(13)7-8/h5-7,13H,1-4H3. The number of hydrogen-bond donors (Lipinski definition) is 1. The van der Waals surface area contributed by atoms with Gasteiger partial charge < -0.3 is 9.84 Å². The Balaban J connectivity index is 3.08. The lowest BCUT2D eigenvalue weighted by atomic mass is 9.86. The van der Waals surface area contributed by atoms with Crippen LogP contribution in [0.5, 0.6) is 11.5 Å². The minimum Gasteiger partial charge on any atom is -0.504 e. The Morgan fingerprint density at radius 1 is 1.33 bits per heavy atom. The number of carbonyl (C=O) groups is 1. The maximum absolute atomic E-state index is 11.9. The molecule has 15 heavy (non-hydrogen) atoms. The fourth-order valence-corrected chi connectivity index (χ4v) is 1.26. The maximum Gasteiger partial charge on any atom is 0.168 e. The Bertz CT molecular complexity index is 375. The van der Waals surface area contributed by atoms with Crippen LogP contribution in [0, 0.1) is 5.41 Å². The molecule has 0 saturated heterocycles. The van der Waals surface area contributed by atoms with E-state index in [2.05, 4.69) is 0 Å². The summed E-state index contributed by atoms with van der Waals surface area (Å²) in [4.78, 5) is 11.9. The Morgan fingerprint density at radius 3 is 2.33 bits per heavy atom. The normalized spacial score (nSPS) is 11.2. The van der Waals surface area contributed by atoms with E-state index in [1.807, 2.05) is 20.8 Å². The van der Waals surface area contributed by atoms with Crippen LogP contribution in [0.15, 0.2) is 18.2 Å². The Labute approximate surface area is 89.7 Å². The minimum atomic E-state index is -0.443. The second-order valence-electron chi connectivity index (χ2n) is 4.47. The largest absolute Gasteiger partial charge is 0.504 e. The summed E-state index contributed by atoms with van der Waals surface area (Å²) in [6, 6.07) is 4.69. The third-order valence-corrected chi connectivity index (χ3v) is 2.12. The molecule has 0 fully saturated rings. The summed E-state index contributed by atoms with van der Waals surface area (Å²) >= 11 is 0. The number of carbonyl (C=O) groups excluding carboxylic acids is 1.